The number of hydrogen-bond donors (Lipinski definition) is 1. The van der Waals surface area contributed by atoms with Crippen molar-refractivity contribution in [1.82, 2.24) is 4.72 Å². The molecule has 3 heteroatoms. The van der Waals surface area contributed by atoms with Crippen molar-refractivity contribution in [2.75, 3.05) is 6.26 Å². The van der Waals surface area contributed by atoms with E-state index in [1.54, 1.807) is 0 Å². The van der Waals surface area contributed by atoms with E-state index in [0.29, 0.717) is 17.7 Å². The van der Waals surface area contributed by atoms with Crippen molar-refractivity contribution >= 4 is 11.9 Å². The summed E-state index contributed by atoms with van der Waals surface area (Å²) in [6, 6.07) is 0. The topological polar surface area (TPSA) is 12.0 Å². The van der Waals surface area contributed by atoms with Gasteiger partial charge >= 0.3 is 0 Å². The summed E-state index contributed by atoms with van der Waals surface area (Å²) in [4.78, 5) is 0. The van der Waals surface area contributed by atoms with E-state index in [9.17, 15) is 4.39 Å². The minimum atomic E-state index is -0.304. The first-order valence-corrected chi connectivity index (χ1v) is 4.89. The van der Waals surface area contributed by atoms with Crippen LogP contribution in [0, 0.1) is 0 Å². The van der Waals surface area contributed by atoms with Crippen molar-refractivity contribution in [2.45, 2.75) is 13.3 Å². The second-order valence-electron chi connectivity index (χ2n) is 2.20. The van der Waals surface area contributed by atoms with Crippen molar-refractivity contribution < 1.29 is 4.39 Å². The number of nitrogens with one attached hydrogen (secondary N) is 1. The Balaban J connectivity index is 4.58. The zero-order valence-electron chi connectivity index (χ0n) is 7.48. The third-order valence-corrected chi connectivity index (χ3v) is 1.81. The molecule has 0 saturated heterocycles. The van der Waals surface area contributed by atoms with Gasteiger partial charge in [0, 0.05) is 6.26 Å². The van der Waals surface area contributed by atoms with Gasteiger partial charge in [0.25, 0.3) is 0 Å². The average Bonchev–Trinajstić information content (AvgIpc) is 2.11. The van der Waals surface area contributed by atoms with E-state index in [0.717, 1.165) is 0 Å². The lowest BCUT2D eigenvalue weighted by Gasteiger charge is -2.06. The van der Waals surface area contributed by atoms with Crippen LogP contribution in [0.4, 0.5) is 4.39 Å². The molecule has 0 spiro atoms. The van der Waals surface area contributed by atoms with Crippen LogP contribution in [-0.4, -0.2) is 6.26 Å². The molecule has 12 heavy (non-hydrogen) atoms. The number of halogens is 1. The second-order valence-corrected chi connectivity index (χ2v) is 2.81. The maximum Gasteiger partial charge on any atom is 0.149 e. The third-order valence-electron chi connectivity index (χ3n) is 1.39. The molecular formula is C9H14FNS. The SMILES string of the molecule is C=C/C(NSC)=C(/F)C(=C)CC. The van der Waals surface area contributed by atoms with Gasteiger partial charge in [-0.25, -0.2) is 4.39 Å². The third kappa shape index (κ3) is 3.13. The van der Waals surface area contributed by atoms with Crippen LogP contribution in [-0.2, 0) is 0 Å². The van der Waals surface area contributed by atoms with Gasteiger partial charge in [-0.1, -0.05) is 32.0 Å². The summed E-state index contributed by atoms with van der Waals surface area (Å²) in [7, 11) is 0. The largest absolute Gasteiger partial charge is 0.328 e. The summed E-state index contributed by atoms with van der Waals surface area (Å²) in [6.45, 7) is 8.96. The van der Waals surface area contributed by atoms with E-state index in [4.69, 9.17) is 0 Å². The van der Waals surface area contributed by atoms with Crippen LogP contribution in [0.15, 0.2) is 36.3 Å². The Kier molecular flexibility index (Phi) is 5.54. The molecule has 0 aliphatic rings. The summed E-state index contributed by atoms with van der Waals surface area (Å²) < 4.78 is 16.1. The fourth-order valence-electron chi connectivity index (χ4n) is 0.632. The maximum absolute atomic E-state index is 13.3. The van der Waals surface area contributed by atoms with E-state index < -0.39 is 0 Å². The highest BCUT2D eigenvalue weighted by atomic mass is 32.2. The molecule has 1 nitrogen and oxygen atoms in total. The van der Waals surface area contributed by atoms with Crippen molar-refractivity contribution in [1.29, 1.82) is 0 Å². The Morgan fingerprint density at radius 1 is 1.67 bits per heavy atom. The molecule has 0 aromatic heterocycles. The second kappa shape index (κ2) is 5.89. The molecule has 1 N–H and O–H groups in total. The normalized spacial score (nSPS) is 11.9. The molecular weight excluding hydrogens is 173 g/mol. The predicted molar refractivity (Wildman–Crippen MR) is 54.4 cm³/mol. The van der Waals surface area contributed by atoms with E-state index in [1.807, 2.05) is 13.2 Å². The summed E-state index contributed by atoms with van der Waals surface area (Å²) in [6.07, 6.45) is 3.89. The van der Waals surface area contributed by atoms with Gasteiger partial charge in [-0.05, 0) is 18.1 Å². The summed E-state index contributed by atoms with van der Waals surface area (Å²) >= 11 is 1.33. The monoisotopic (exact) mass is 187 g/mol. The highest BCUT2D eigenvalue weighted by Gasteiger charge is 2.04. The fourth-order valence-corrected chi connectivity index (χ4v) is 1.02. The molecule has 68 valence electrons. The smallest absolute Gasteiger partial charge is 0.149 e. The molecule has 0 unspecified atom stereocenters. The quantitative estimate of drug-likeness (QED) is 0.524. The van der Waals surface area contributed by atoms with E-state index in [2.05, 4.69) is 17.9 Å². The Bertz CT molecular complexity index is 209. The summed E-state index contributed by atoms with van der Waals surface area (Å²) in [5.41, 5.74) is 0.890. The predicted octanol–water partition coefficient (Wildman–Crippen LogP) is 3.19. The van der Waals surface area contributed by atoms with Gasteiger partial charge in [-0.3, -0.25) is 0 Å². The van der Waals surface area contributed by atoms with E-state index in [-0.39, 0.29) is 5.83 Å². The van der Waals surface area contributed by atoms with Gasteiger partial charge in [0.15, 0.2) is 0 Å². The van der Waals surface area contributed by atoms with Crippen molar-refractivity contribution in [2.24, 2.45) is 0 Å². The lowest BCUT2D eigenvalue weighted by molar-refractivity contribution is 0.631. The number of rotatable bonds is 5. The van der Waals surface area contributed by atoms with Gasteiger partial charge in [0.2, 0.25) is 0 Å². The molecule has 0 radical (unpaired) electrons. The summed E-state index contributed by atoms with van der Waals surface area (Å²) in [5.74, 6) is -0.304. The fraction of sp³-hybridized carbons (Fsp3) is 0.333. The molecule has 0 bridgehead atoms. The Hall–Kier alpha value is -0.700. The Morgan fingerprint density at radius 3 is 2.58 bits per heavy atom. The molecule has 0 aliphatic carbocycles. The first-order chi connectivity index (χ1) is 5.67. The van der Waals surface area contributed by atoms with Gasteiger partial charge in [-0.15, -0.1) is 0 Å². The molecule has 0 rings (SSSR count). The maximum atomic E-state index is 13.3. The van der Waals surface area contributed by atoms with Gasteiger partial charge < -0.3 is 4.72 Å². The van der Waals surface area contributed by atoms with E-state index in [1.165, 1.54) is 18.0 Å². The molecule has 0 fully saturated rings. The lowest BCUT2D eigenvalue weighted by Crippen LogP contribution is -2.02. The highest BCUT2D eigenvalue weighted by Crippen LogP contribution is 2.17. The molecule has 0 saturated carbocycles. The number of allylic oxidation sites excluding steroid dienone is 3. The molecule has 0 atom stereocenters. The molecule has 0 aromatic carbocycles. The van der Waals surface area contributed by atoms with Crippen LogP contribution in [0.5, 0.6) is 0 Å². The van der Waals surface area contributed by atoms with Gasteiger partial charge in [0.1, 0.15) is 5.83 Å². The van der Waals surface area contributed by atoms with Crippen LogP contribution < -0.4 is 4.72 Å². The van der Waals surface area contributed by atoms with Gasteiger partial charge in [-0.2, -0.15) is 0 Å². The van der Waals surface area contributed by atoms with Crippen LogP contribution >= 0.6 is 11.9 Å². The summed E-state index contributed by atoms with van der Waals surface area (Å²) in [5, 5.41) is 0. The highest BCUT2D eigenvalue weighted by molar-refractivity contribution is 7.96. The lowest BCUT2D eigenvalue weighted by atomic mass is 10.2. The minimum Gasteiger partial charge on any atom is -0.328 e. The Labute approximate surface area is 77.6 Å². The minimum absolute atomic E-state index is 0.304. The first kappa shape index (κ1) is 11.3. The average molecular weight is 187 g/mol. The van der Waals surface area contributed by atoms with Gasteiger partial charge in [0.05, 0.1) is 5.70 Å². The Morgan fingerprint density at radius 2 is 2.25 bits per heavy atom. The molecule has 0 heterocycles. The standard InChI is InChI=1S/C9H14FNS/c1-5-7(3)9(10)8(6-2)11-12-4/h6,11H,2-3,5H2,1,4H3/b9-8-. The van der Waals surface area contributed by atoms with Crippen molar-refractivity contribution in [3.63, 3.8) is 0 Å². The first-order valence-electron chi connectivity index (χ1n) is 3.66. The van der Waals surface area contributed by atoms with Crippen LogP contribution in [0.2, 0.25) is 0 Å². The van der Waals surface area contributed by atoms with Crippen LogP contribution in [0.3, 0.4) is 0 Å². The zero-order valence-corrected chi connectivity index (χ0v) is 8.30. The zero-order chi connectivity index (χ0) is 9.56. The van der Waals surface area contributed by atoms with Crippen LogP contribution in [0.1, 0.15) is 13.3 Å². The molecule has 0 aliphatic heterocycles. The van der Waals surface area contributed by atoms with Crippen molar-refractivity contribution in [3.8, 4) is 0 Å². The number of hydrogen-bond acceptors (Lipinski definition) is 2. The van der Waals surface area contributed by atoms with E-state index >= 15 is 0 Å². The molecule has 0 aromatic rings. The van der Waals surface area contributed by atoms with Crippen LogP contribution in [0.25, 0.3) is 0 Å². The molecule has 0 amide bonds. The van der Waals surface area contributed by atoms with Crippen molar-refractivity contribution in [3.05, 3.63) is 36.3 Å².